The molecule has 8 heteroatoms. The molecule has 0 spiro atoms. The summed E-state index contributed by atoms with van der Waals surface area (Å²) >= 11 is 4.06. The number of aliphatic hydroxyl groups is 3. The molecule has 17 heavy (non-hydrogen) atoms. The van der Waals surface area contributed by atoms with Gasteiger partial charge in [0.1, 0.15) is 36.5 Å². The van der Waals surface area contributed by atoms with Gasteiger partial charge in [-0.15, -0.1) is 12.6 Å². The normalized spacial score (nSPS) is 37.8. The number of rotatable bonds is 4. The maximum absolute atomic E-state index is 9.77. The zero-order valence-corrected chi connectivity index (χ0v) is 10.2. The maximum Gasteiger partial charge on any atom is 0.206 e. The summed E-state index contributed by atoms with van der Waals surface area (Å²) in [6.07, 6.45) is -4.29. The van der Waals surface area contributed by atoms with E-state index in [0.29, 0.717) is 0 Å². The van der Waals surface area contributed by atoms with Crippen LogP contribution >= 0.6 is 12.6 Å². The third kappa shape index (κ3) is 3.54. The molecule has 1 fully saturated rings. The highest BCUT2D eigenvalue weighted by Gasteiger charge is 2.43. The molecule has 0 aromatic carbocycles. The predicted octanol–water partition coefficient (Wildman–Crippen LogP) is -1.64. The average molecular weight is 267 g/mol. The largest absolute Gasteiger partial charge is 0.483 e. The SMILES string of the molecule is COC(=N)CO[C@H]1C(S)O[C@H](CO)[C@H](O)[C@@H]1O. The van der Waals surface area contributed by atoms with Gasteiger partial charge in [0.05, 0.1) is 13.7 Å². The van der Waals surface area contributed by atoms with Crippen molar-refractivity contribution in [2.45, 2.75) is 29.9 Å². The molecule has 1 rings (SSSR count). The number of thiol groups is 1. The molecule has 0 aromatic rings. The molecule has 7 nitrogen and oxygen atoms in total. The second-order valence-electron chi connectivity index (χ2n) is 3.63. The number of ether oxygens (including phenoxy) is 3. The summed E-state index contributed by atoms with van der Waals surface area (Å²) in [5, 5.41) is 35.5. The van der Waals surface area contributed by atoms with Gasteiger partial charge in [0, 0.05) is 0 Å². The van der Waals surface area contributed by atoms with Crippen molar-refractivity contribution < 1.29 is 29.5 Å². The number of hydrogen-bond acceptors (Lipinski definition) is 8. The minimum absolute atomic E-state index is 0.114. The van der Waals surface area contributed by atoms with Crippen LogP contribution in [0.5, 0.6) is 0 Å². The molecule has 1 heterocycles. The number of nitrogens with one attached hydrogen (secondary N) is 1. The van der Waals surface area contributed by atoms with E-state index in [9.17, 15) is 10.2 Å². The second-order valence-corrected chi connectivity index (χ2v) is 4.14. The zero-order valence-electron chi connectivity index (χ0n) is 9.31. The molecule has 1 saturated heterocycles. The van der Waals surface area contributed by atoms with Crippen LogP contribution < -0.4 is 0 Å². The Balaban J connectivity index is 2.57. The van der Waals surface area contributed by atoms with Crippen LogP contribution in [-0.2, 0) is 14.2 Å². The minimum atomic E-state index is -1.26. The first-order chi connectivity index (χ1) is 8.01. The standard InChI is InChI=1S/C9H17NO6S/c1-14-5(10)3-15-8-7(13)6(12)4(2-11)16-9(8)17/h4,6-13,17H,2-3H2,1H3/t4-,6+,7+,8-,9?/m1/s1. The zero-order chi connectivity index (χ0) is 13.0. The van der Waals surface area contributed by atoms with Gasteiger partial charge in [0.25, 0.3) is 0 Å². The molecule has 0 bridgehead atoms. The van der Waals surface area contributed by atoms with Crippen LogP contribution in [0.4, 0.5) is 0 Å². The van der Waals surface area contributed by atoms with Crippen LogP contribution in [0.1, 0.15) is 0 Å². The molecule has 0 amide bonds. The molecule has 5 atom stereocenters. The molecule has 0 aromatic heterocycles. The summed E-state index contributed by atoms with van der Waals surface area (Å²) < 4.78 is 14.9. The molecule has 4 N–H and O–H groups in total. The first kappa shape index (κ1) is 14.7. The summed E-state index contributed by atoms with van der Waals surface area (Å²) in [6, 6.07) is 0. The Morgan fingerprint density at radius 1 is 1.41 bits per heavy atom. The molecule has 0 aliphatic carbocycles. The van der Waals surface area contributed by atoms with E-state index in [0.717, 1.165) is 0 Å². The maximum atomic E-state index is 9.77. The summed E-state index contributed by atoms with van der Waals surface area (Å²) in [6.45, 7) is -0.578. The van der Waals surface area contributed by atoms with Crippen molar-refractivity contribution in [1.29, 1.82) is 5.41 Å². The molecule has 1 unspecified atom stereocenters. The molecule has 1 aliphatic rings. The highest BCUT2D eigenvalue weighted by Crippen LogP contribution is 2.25. The van der Waals surface area contributed by atoms with Gasteiger partial charge >= 0.3 is 0 Å². The van der Waals surface area contributed by atoms with E-state index < -0.39 is 36.5 Å². The van der Waals surface area contributed by atoms with Gasteiger partial charge in [-0.05, 0) is 0 Å². The van der Waals surface area contributed by atoms with Gasteiger partial charge in [-0.25, -0.2) is 0 Å². The Hall–Kier alpha value is -0.380. The number of hydrogen-bond donors (Lipinski definition) is 5. The molecule has 100 valence electrons. The van der Waals surface area contributed by atoms with Crippen molar-refractivity contribution in [2.75, 3.05) is 20.3 Å². The van der Waals surface area contributed by atoms with E-state index in [1.54, 1.807) is 0 Å². The fourth-order valence-electron chi connectivity index (χ4n) is 1.48. The summed E-state index contributed by atoms with van der Waals surface area (Å²) in [7, 11) is 1.33. The summed E-state index contributed by atoms with van der Waals surface area (Å²) in [4.78, 5) is 0. The monoisotopic (exact) mass is 267 g/mol. The Bertz CT molecular complexity index is 266. The van der Waals surface area contributed by atoms with Crippen molar-refractivity contribution in [3.8, 4) is 0 Å². The smallest absolute Gasteiger partial charge is 0.206 e. The summed E-state index contributed by atoms with van der Waals surface area (Å²) in [5.74, 6) is -0.114. The highest BCUT2D eigenvalue weighted by molar-refractivity contribution is 7.80. The van der Waals surface area contributed by atoms with Crippen LogP contribution in [0.2, 0.25) is 0 Å². The van der Waals surface area contributed by atoms with Gasteiger partial charge in [-0.3, -0.25) is 5.41 Å². The molecular formula is C9H17NO6S. The average Bonchev–Trinajstić information content (AvgIpc) is 2.33. The third-order valence-corrected chi connectivity index (χ3v) is 2.91. The lowest BCUT2D eigenvalue weighted by Gasteiger charge is -2.40. The van der Waals surface area contributed by atoms with Crippen molar-refractivity contribution in [2.24, 2.45) is 0 Å². The Morgan fingerprint density at radius 2 is 2.06 bits per heavy atom. The third-order valence-electron chi connectivity index (χ3n) is 2.50. The van der Waals surface area contributed by atoms with Crippen LogP contribution in [-0.4, -0.2) is 71.4 Å². The van der Waals surface area contributed by atoms with Gasteiger partial charge in [0.2, 0.25) is 5.90 Å². The van der Waals surface area contributed by atoms with Crippen LogP contribution in [0.3, 0.4) is 0 Å². The van der Waals surface area contributed by atoms with Gasteiger partial charge < -0.3 is 29.5 Å². The van der Waals surface area contributed by atoms with E-state index in [4.69, 9.17) is 20.0 Å². The van der Waals surface area contributed by atoms with E-state index in [2.05, 4.69) is 17.4 Å². The lowest BCUT2D eigenvalue weighted by molar-refractivity contribution is -0.215. The van der Waals surface area contributed by atoms with Crippen LogP contribution in [0, 0.1) is 5.41 Å². The van der Waals surface area contributed by atoms with Crippen molar-refractivity contribution >= 4 is 18.5 Å². The van der Waals surface area contributed by atoms with Gasteiger partial charge in [0.15, 0.2) is 0 Å². The minimum Gasteiger partial charge on any atom is -0.483 e. The summed E-state index contributed by atoms with van der Waals surface area (Å²) in [5.41, 5.74) is -0.796. The first-order valence-corrected chi connectivity index (χ1v) is 5.56. The van der Waals surface area contributed by atoms with E-state index in [1.807, 2.05) is 0 Å². The first-order valence-electron chi connectivity index (χ1n) is 5.04. The Morgan fingerprint density at radius 3 is 2.59 bits per heavy atom. The highest BCUT2D eigenvalue weighted by atomic mass is 32.1. The predicted molar refractivity (Wildman–Crippen MR) is 61.2 cm³/mol. The van der Waals surface area contributed by atoms with Crippen molar-refractivity contribution in [3.63, 3.8) is 0 Å². The molecule has 0 radical (unpaired) electrons. The van der Waals surface area contributed by atoms with Gasteiger partial charge in [-0.1, -0.05) is 0 Å². The topological polar surface area (TPSA) is 112 Å². The lowest BCUT2D eigenvalue weighted by Crippen LogP contribution is -2.58. The van der Waals surface area contributed by atoms with Crippen molar-refractivity contribution in [1.82, 2.24) is 0 Å². The van der Waals surface area contributed by atoms with E-state index >= 15 is 0 Å². The second kappa shape index (κ2) is 6.53. The molecule has 0 saturated carbocycles. The Kier molecular flexibility index (Phi) is 5.63. The van der Waals surface area contributed by atoms with Crippen LogP contribution in [0.15, 0.2) is 0 Å². The lowest BCUT2D eigenvalue weighted by atomic mass is 10.0. The number of methoxy groups -OCH3 is 1. The fraction of sp³-hybridized carbons (Fsp3) is 0.889. The van der Waals surface area contributed by atoms with Crippen LogP contribution in [0.25, 0.3) is 0 Å². The number of aliphatic hydroxyl groups excluding tert-OH is 3. The quantitative estimate of drug-likeness (QED) is 0.237. The van der Waals surface area contributed by atoms with E-state index in [1.165, 1.54) is 7.11 Å². The Labute approximate surface area is 104 Å². The van der Waals surface area contributed by atoms with Gasteiger partial charge in [-0.2, -0.15) is 0 Å². The molecular weight excluding hydrogens is 250 g/mol. The molecule has 1 aliphatic heterocycles. The van der Waals surface area contributed by atoms with E-state index in [-0.39, 0.29) is 12.5 Å². The fourth-order valence-corrected chi connectivity index (χ4v) is 1.90. The van der Waals surface area contributed by atoms with Crippen molar-refractivity contribution in [3.05, 3.63) is 0 Å².